The summed E-state index contributed by atoms with van der Waals surface area (Å²) in [6.45, 7) is 4.47. The van der Waals surface area contributed by atoms with Gasteiger partial charge in [-0.3, -0.25) is 0 Å². The molecule has 2 heterocycles. The summed E-state index contributed by atoms with van der Waals surface area (Å²) >= 11 is 12.1. The Labute approximate surface area is 175 Å². The van der Waals surface area contributed by atoms with E-state index in [1.54, 1.807) is 12.1 Å². The zero-order valence-corrected chi connectivity index (χ0v) is 17.1. The third-order valence-corrected chi connectivity index (χ3v) is 5.66. The number of likely N-dealkylation sites (tertiary alicyclic amines) is 1. The van der Waals surface area contributed by atoms with E-state index in [0.717, 1.165) is 41.9 Å². The minimum absolute atomic E-state index is 0.493. The Balaban J connectivity index is 1.50. The Bertz CT molecular complexity index is 957. The van der Waals surface area contributed by atoms with Crippen molar-refractivity contribution in [3.8, 4) is 0 Å². The largest absolute Gasteiger partial charge is 0.369 e. The molecule has 0 spiro atoms. The van der Waals surface area contributed by atoms with Crippen molar-refractivity contribution in [2.45, 2.75) is 19.3 Å². The Morgan fingerprint density at radius 1 is 0.964 bits per heavy atom. The lowest BCUT2D eigenvalue weighted by Crippen LogP contribution is -2.22. The molecule has 5 nitrogen and oxygen atoms in total. The molecule has 3 aromatic rings. The van der Waals surface area contributed by atoms with Gasteiger partial charge in [-0.05, 0) is 69.2 Å². The number of hydrogen-bond acceptors (Lipinski definition) is 5. The molecule has 0 bridgehead atoms. The van der Waals surface area contributed by atoms with Gasteiger partial charge >= 0.3 is 0 Å². The maximum Gasteiger partial charge on any atom is 0.229 e. The second-order valence-electron chi connectivity index (χ2n) is 7.00. The summed E-state index contributed by atoms with van der Waals surface area (Å²) in [5, 5.41) is 8.75. The van der Waals surface area contributed by atoms with Crippen molar-refractivity contribution in [3.63, 3.8) is 0 Å². The highest BCUT2D eigenvalue weighted by molar-refractivity contribution is 6.42. The molecule has 2 aromatic carbocycles. The van der Waals surface area contributed by atoms with Crippen LogP contribution in [0.25, 0.3) is 10.9 Å². The molecule has 146 valence electrons. The van der Waals surface area contributed by atoms with Gasteiger partial charge in [0.15, 0.2) is 0 Å². The third kappa shape index (κ3) is 4.66. The molecule has 4 rings (SSSR count). The summed E-state index contributed by atoms with van der Waals surface area (Å²) in [5.74, 6) is 1.37. The summed E-state index contributed by atoms with van der Waals surface area (Å²) in [5.41, 5.74) is 1.69. The van der Waals surface area contributed by atoms with Crippen LogP contribution in [0.5, 0.6) is 0 Å². The van der Waals surface area contributed by atoms with Crippen LogP contribution in [-0.2, 0) is 0 Å². The number of halogens is 2. The summed E-state index contributed by atoms with van der Waals surface area (Å²) < 4.78 is 0. The second-order valence-corrected chi connectivity index (χ2v) is 7.81. The number of benzene rings is 2. The van der Waals surface area contributed by atoms with E-state index < -0.39 is 0 Å². The minimum atomic E-state index is 0.493. The molecular formula is C21H23Cl2N5. The average Bonchev–Trinajstić information content (AvgIpc) is 3.21. The smallest absolute Gasteiger partial charge is 0.229 e. The summed E-state index contributed by atoms with van der Waals surface area (Å²) in [4.78, 5) is 11.8. The van der Waals surface area contributed by atoms with E-state index in [1.807, 2.05) is 30.3 Å². The Morgan fingerprint density at radius 3 is 2.61 bits per heavy atom. The van der Waals surface area contributed by atoms with Crippen molar-refractivity contribution in [1.29, 1.82) is 0 Å². The first-order valence-electron chi connectivity index (χ1n) is 9.64. The lowest BCUT2D eigenvalue weighted by molar-refractivity contribution is 0.337. The van der Waals surface area contributed by atoms with Gasteiger partial charge < -0.3 is 15.5 Å². The maximum absolute atomic E-state index is 6.12. The molecule has 1 fully saturated rings. The number of hydrogen-bond donors (Lipinski definition) is 2. The van der Waals surface area contributed by atoms with Crippen LogP contribution in [0.4, 0.5) is 17.5 Å². The molecule has 1 aliphatic rings. The van der Waals surface area contributed by atoms with Crippen LogP contribution in [0.2, 0.25) is 10.0 Å². The normalized spacial score (nSPS) is 14.5. The molecule has 1 aromatic heterocycles. The van der Waals surface area contributed by atoms with Gasteiger partial charge in [0.25, 0.3) is 0 Å². The molecule has 0 unspecified atom stereocenters. The van der Waals surface area contributed by atoms with Gasteiger partial charge in [0.05, 0.1) is 15.6 Å². The van der Waals surface area contributed by atoms with Crippen LogP contribution >= 0.6 is 23.2 Å². The number of aromatic nitrogens is 2. The molecule has 0 saturated carbocycles. The molecule has 0 radical (unpaired) electrons. The van der Waals surface area contributed by atoms with E-state index in [1.165, 1.54) is 25.9 Å². The van der Waals surface area contributed by atoms with Crippen molar-refractivity contribution in [2.24, 2.45) is 0 Å². The average molecular weight is 416 g/mol. The van der Waals surface area contributed by atoms with Gasteiger partial charge in [0.1, 0.15) is 5.82 Å². The van der Waals surface area contributed by atoms with E-state index in [4.69, 9.17) is 28.2 Å². The fourth-order valence-corrected chi connectivity index (χ4v) is 3.78. The Hall–Kier alpha value is -2.08. The van der Waals surface area contributed by atoms with Crippen LogP contribution in [0.15, 0.2) is 42.5 Å². The zero-order valence-electron chi connectivity index (χ0n) is 15.6. The molecule has 0 amide bonds. The lowest BCUT2D eigenvalue weighted by atomic mass is 10.2. The zero-order chi connectivity index (χ0) is 19.3. The quantitative estimate of drug-likeness (QED) is 0.493. The third-order valence-electron chi connectivity index (χ3n) is 4.92. The highest BCUT2D eigenvalue weighted by atomic mass is 35.5. The van der Waals surface area contributed by atoms with Gasteiger partial charge in [-0.15, -0.1) is 0 Å². The van der Waals surface area contributed by atoms with Crippen molar-refractivity contribution in [2.75, 3.05) is 36.8 Å². The topological polar surface area (TPSA) is 53.1 Å². The van der Waals surface area contributed by atoms with E-state index >= 15 is 0 Å². The number of anilines is 3. The monoisotopic (exact) mass is 415 g/mol. The standard InChI is InChI=1S/C21H23Cl2N5/c22-17-9-8-15(14-18(17)23)25-21-26-19-7-2-1-6-16(19)20(27-21)24-10-5-13-28-11-3-4-12-28/h1-2,6-9,14H,3-5,10-13H2,(H2,24,25,26,27). The van der Waals surface area contributed by atoms with Crippen molar-refractivity contribution < 1.29 is 0 Å². The van der Waals surface area contributed by atoms with Crippen LogP contribution in [0, 0.1) is 0 Å². The van der Waals surface area contributed by atoms with Crippen LogP contribution in [0.1, 0.15) is 19.3 Å². The van der Waals surface area contributed by atoms with Gasteiger partial charge in [0.2, 0.25) is 5.95 Å². The molecular weight excluding hydrogens is 393 g/mol. The molecule has 1 aliphatic heterocycles. The van der Waals surface area contributed by atoms with Gasteiger partial charge in [-0.1, -0.05) is 35.3 Å². The number of rotatable bonds is 7. The molecule has 7 heteroatoms. The second kappa shape index (κ2) is 8.95. The fraction of sp³-hybridized carbons (Fsp3) is 0.333. The predicted octanol–water partition coefficient (Wildman–Crippen LogP) is 5.58. The summed E-state index contributed by atoms with van der Waals surface area (Å²) in [6, 6.07) is 13.4. The highest BCUT2D eigenvalue weighted by Gasteiger charge is 2.11. The van der Waals surface area contributed by atoms with E-state index in [2.05, 4.69) is 20.5 Å². The van der Waals surface area contributed by atoms with E-state index in [0.29, 0.717) is 16.0 Å². The van der Waals surface area contributed by atoms with Gasteiger partial charge in [-0.25, -0.2) is 4.98 Å². The van der Waals surface area contributed by atoms with Crippen molar-refractivity contribution in [3.05, 3.63) is 52.5 Å². The molecule has 28 heavy (non-hydrogen) atoms. The first-order valence-corrected chi connectivity index (χ1v) is 10.4. The minimum Gasteiger partial charge on any atom is -0.369 e. The van der Waals surface area contributed by atoms with Gasteiger partial charge in [0, 0.05) is 17.6 Å². The number of fused-ring (bicyclic) bond motifs is 1. The number of nitrogens with zero attached hydrogens (tertiary/aromatic N) is 3. The van der Waals surface area contributed by atoms with E-state index in [-0.39, 0.29) is 0 Å². The Kier molecular flexibility index (Phi) is 6.15. The number of para-hydroxylation sites is 1. The molecule has 0 aliphatic carbocycles. The maximum atomic E-state index is 6.12. The first-order chi connectivity index (χ1) is 13.7. The molecule has 0 atom stereocenters. The highest BCUT2D eigenvalue weighted by Crippen LogP contribution is 2.28. The van der Waals surface area contributed by atoms with E-state index in [9.17, 15) is 0 Å². The SMILES string of the molecule is Clc1ccc(Nc2nc(NCCCN3CCCC3)c3ccccc3n2)cc1Cl. The summed E-state index contributed by atoms with van der Waals surface area (Å²) in [6.07, 6.45) is 3.75. The van der Waals surface area contributed by atoms with Crippen LogP contribution < -0.4 is 10.6 Å². The van der Waals surface area contributed by atoms with Gasteiger partial charge in [-0.2, -0.15) is 4.98 Å². The fourth-order valence-electron chi connectivity index (χ4n) is 3.49. The first kappa shape index (κ1) is 19.2. The summed E-state index contributed by atoms with van der Waals surface area (Å²) in [7, 11) is 0. The number of nitrogens with one attached hydrogen (secondary N) is 2. The van der Waals surface area contributed by atoms with Crippen LogP contribution in [-0.4, -0.2) is 41.0 Å². The van der Waals surface area contributed by atoms with Crippen LogP contribution in [0.3, 0.4) is 0 Å². The molecule has 2 N–H and O–H groups in total. The Morgan fingerprint density at radius 2 is 1.79 bits per heavy atom. The van der Waals surface area contributed by atoms with Crippen molar-refractivity contribution >= 4 is 51.6 Å². The lowest BCUT2D eigenvalue weighted by Gasteiger charge is -2.15. The molecule has 1 saturated heterocycles. The predicted molar refractivity (Wildman–Crippen MR) is 118 cm³/mol. The van der Waals surface area contributed by atoms with Crippen molar-refractivity contribution in [1.82, 2.24) is 14.9 Å².